The van der Waals surface area contributed by atoms with Gasteiger partial charge in [0.15, 0.2) is 0 Å². The first-order valence-electron chi connectivity index (χ1n) is 6.31. The van der Waals surface area contributed by atoms with Gasteiger partial charge in [0.05, 0.1) is 0 Å². The van der Waals surface area contributed by atoms with E-state index in [9.17, 15) is 0 Å². The molecular weight excluding hydrogens is 172 g/mol. The van der Waals surface area contributed by atoms with Crippen LogP contribution in [0.25, 0.3) is 0 Å². The summed E-state index contributed by atoms with van der Waals surface area (Å²) in [6.07, 6.45) is 5.70. The van der Waals surface area contributed by atoms with Gasteiger partial charge in [0, 0.05) is 0 Å². The van der Waals surface area contributed by atoms with Crippen molar-refractivity contribution in [2.75, 3.05) is 26.2 Å². The second-order valence-electron chi connectivity index (χ2n) is 5.02. The highest BCUT2D eigenvalue weighted by Crippen LogP contribution is 2.30. The van der Waals surface area contributed by atoms with E-state index in [2.05, 4.69) is 17.6 Å². The number of nitrogens with one attached hydrogen (secondary N) is 2. The van der Waals surface area contributed by atoms with Crippen LogP contribution >= 0.6 is 0 Å². The summed E-state index contributed by atoms with van der Waals surface area (Å²) < 4.78 is 0. The lowest BCUT2D eigenvalue weighted by atomic mass is 9.77. The molecule has 0 radical (unpaired) electrons. The average Bonchev–Trinajstić information content (AvgIpc) is 2.15. The monoisotopic (exact) mass is 196 g/mol. The maximum absolute atomic E-state index is 3.45. The standard InChI is InChI=1S/C12H24N2/c1-2-11(12-8-14-9-12)7-10-3-5-13-6-4-10/h10-14H,2-9H2,1H3. The van der Waals surface area contributed by atoms with Crippen LogP contribution in [0, 0.1) is 17.8 Å². The first kappa shape index (κ1) is 10.4. The van der Waals surface area contributed by atoms with Crippen LogP contribution in [0.5, 0.6) is 0 Å². The molecule has 2 fully saturated rings. The van der Waals surface area contributed by atoms with Crippen molar-refractivity contribution in [2.45, 2.75) is 32.6 Å². The molecule has 2 aliphatic heterocycles. The number of hydrogen-bond donors (Lipinski definition) is 2. The highest BCUT2D eigenvalue weighted by Gasteiger charge is 2.28. The minimum Gasteiger partial charge on any atom is -0.317 e. The van der Waals surface area contributed by atoms with Crippen molar-refractivity contribution in [1.82, 2.24) is 10.6 Å². The van der Waals surface area contributed by atoms with Crippen LogP contribution in [0.2, 0.25) is 0 Å². The van der Waals surface area contributed by atoms with E-state index in [1.807, 2.05) is 0 Å². The molecule has 0 aromatic rings. The Bertz CT molecular complexity index is 160. The van der Waals surface area contributed by atoms with E-state index in [4.69, 9.17) is 0 Å². The normalized spacial score (nSPS) is 27.2. The van der Waals surface area contributed by atoms with Crippen molar-refractivity contribution in [3.05, 3.63) is 0 Å². The third-order valence-corrected chi connectivity index (χ3v) is 4.10. The Balaban J connectivity index is 1.74. The Morgan fingerprint density at radius 3 is 2.36 bits per heavy atom. The third kappa shape index (κ3) is 2.48. The molecule has 2 saturated heterocycles. The maximum Gasteiger partial charge on any atom is -0.000559 e. The molecule has 2 aliphatic rings. The molecule has 2 nitrogen and oxygen atoms in total. The molecule has 0 aliphatic carbocycles. The minimum atomic E-state index is 0.995. The molecule has 0 spiro atoms. The topological polar surface area (TPSA) is 24.1 Å². The van der Waals surface area contributed by atoms with Crippen LogP contribution in [0.1, 0.15) is 32.6 Å². The first-order chi connectivity index (χ1) is 6.90. The van der Waals surface area contributed by atoms with Gasteiger partial charge in [0.25, 0.3) is 0 Å². The number of rotatable bonds is 4. The third-order valence-electron chi connectivity index (χ3n) is 4.10. The smallest absolute Gasteiger partial charge is 0.000559 e. The number of hydrogen-bond acceptors (Lipinski definition) is 2. The van der Waals surface area contributed by atoms with Crippen LogP contribution in [-0.2, 0) is 0 Å². The van der Waals surface area contributed by atoms with Gasteiger partial charge in [-0.2, -0.15) is 0 Å². The molecule has 2 N–H and O–H groups in total. The van der Waals surface area contributed by atoms with E-state index in [0.717, 1.165) is 17.8 Å². The van der Waals surface area contributed by atoms with E-state index in [0.29, 0.717) is 0 Å². The molecule has 14 heavy (non-hydrogen) atoms. The summed E-state index contributed by atoms with van der Waals surface area (Å²) >= 11 is 0. The Kier molecular flexibility index (Phi) is 3.82. The van der Waals surface area contributed by atoms with Crippen LogP contribution < -0.4 is 10.6 Å². The Hall–Kier alpha value is -0.0800. The van der Waals surface area contributed by atoms with E-state index in [-0.39, 0.29) is 0 Å². The van der Waals surface area contributed by atoms with Crippen molar-refractivity contribution in [1.29, 1.82) is 0 Å². The lowest BCUT2D eigenvalue weighted by Crippen LogP contribution is -2.46. The van der Waals surface area contributed by atoms with Gasteiger partial charge in [-0.15, -0.1) is 0 Å². The van der Waals surface area contributed by atoms with Gasteiger partial charge in [-0.3, -0.25) is 0 Å². The molecule has 2 heteroatoms. The second kappa shape index (κ2) is 5.13. The SMILES string of the molecule is CCC(CC1CCNCC1)C1CNC1. The molecule has 0 aromatic heterocycles. The summed E-state index contributed by atoms with van der Waals surface area (Å²) in [5.41, 5.74) is 0. The summed E-state index contributed by atoms with van der Waals surface area (Å²) in [6, 6.07) is 0. The quantitative estimate of drug-likeness (QED) is 0.714. The summed E-state index contributed by atoms with van der Waals surface area (Å²) in [5, 5.41) is 6.85. The molecule has 2 heterocycles. The van der Waals surface area contributed by atoms with Crippen LogP contribution in [-0.4, -0.2) is 26.2 Å². The van der Waals surface area contributed by atoms with Gasteiger partial charge >= 0.3 is 0 Å². The Labute approximate surface area is 87.8 Å². The van der Waals surface area contributed by atoms with Gasteiger partial charge in [-0.1, -0.05) is 13.3 Å². The van der Waals surface area contributed by atoms with Crippen molar-refractivity contribution < 1.29 is 0 Å². The van der Waals surface area contributed by atoms with Crippen molar-refractivity contribution in [3.8, 4) is 0 Å². The van der Waals surface area contributed by atoms with Crippen LogP contribution in [0.15, 0.2) is 0 Å². The second-order valence-corrected chi connectivity index (χ2v) is 5.02. The molecule has 1 atom stereocenters. The maximum atomic E-state index is 3.45. The van der Waals surface area contributed by atoms with Crippen LogP contribution in [0.3, 0.4) is 0 Å². The highest BCUT2D eigenvalue weighted by atomic mass is 15.0. The van der Waals surface area contributed by atoms with Crippen molar-refractivity contribution in [3.63, 3.8) is 0 Å². The van der Waals surface area contributed by atoms with E-state index >= 15 is 0 Å². The van der Waals surface area contributed by atoms with Crippen LogP contribution in [0.4, 0.5) is 0 Å². The van der Waals surface area contributed by atoms with E-state index in [1.54, 1.807) is 0 Å². The van der Waals surface area contributed by atoms with Gasteiger partial charge in [-0.25, -0.2) is 0 Å². The van der Waals surface area contributed by atoms with Gasteiger partial charge < -0.3 is 10.6 Å². The summed E-state index contributed by atoms with van der Waals surface area (Å²) in [7, 11) is 0. The minimum absolute atomic E-state index is 0.995. The Morgan fingerprint density at radius 1 is 1.14 bits per heavy atom. The summed E-state index contributed by atoms with van der Waals surface area (Å²) in [4.78, 5) is 0. The largest absolute Gasteiger partial charge is 0.317 e. The zero-order chi connectivity index (χ0) is 9.80. The molecule has 0 amide bonds. The predicted molar refractivity (Wildman–Crippen MR) is 60.4 cm³/mol. The van der Waals surface area contributed by atoms with Gasteiger partial charge in [0.1, 0.15) is 0 Å². The fraction of sp³-hybridized carbons (Fsp3) is 1.00. The highest BCUT2D eigenvalue weighted by molar-refractivity contribution is 4.83. The molecule has 0 bridgehead atoms. The molecule has 0 saturated carbocycles. The first-order valence-corrected chi connectivity index (χ1v) is 6.31. The average molecular weight is 196 g/mol. The summed E-state index contributed by atoms with van der Waals surface area (Å²) in [6.45, 7) is 7.44. The van der Waals surface area contributed by atoms with Gasteiger partial charge in [0.2, 0.25) is 0 Å². The molecule has 2 rings (SSSR count). The summed E-state index contributed by atoms with van der Waals surface area (Å²) in [5.74, 6) is 3.01. The molecular formula is C12H24N2. The fourth-order valence-corrected chi connectivity index (χ4v) is 2.88. The Morgan fingerprint density at radius 2 is 1.86 bits per heavy atom. The van der Waals surface area contributed by atoms with Crippen molar-refractivity contribution >= 4 is 0 Å². The lowest BCUT2D eigenvalue weighted by molar-refractivity contribution is 0.178. The zero-order valence-electron chi connectivity index (χ0n) is 9.39. The fourth-order valence-electron chi connectivity index (χ4n) is 2.88. The van der Waals surface area contributed by atoms with E-state index in [1.165, 1.54) is 51.9 Å². The van der Waals surface area contributed by atoms with E-state index < -0.39 is 0 Å². The van der Waals surface area contributed by atoms with Crippen molar-refractivity contribution in [2.24, 2.45) is 17.8 Å². The molecule has 0 aromatic carbocycles. The molecule has 82 valence electrons. The lowest BCUT2D eigenvalue weighted by Gasteiger charge is -2.37. The molecule has 1 unspecified atom stereocenters. The van der Waals surface area contributed by atoms with Gasteiger partial charge in [-0.05, 0) is 63.2 Å². The zero-order valence-corrected chi connectivity index (χ0v) is 9.39. The predicted octanol–water partition coefficient (Wildman–Crippen LogP) is 1.62. The number of piperidine rings is 1.